The van der Waals surface area contributed by atoms with Gasteiger partial charge in [-0.15, -0.1) is 0 Å². The maximum absolute atomic E-state index is 12.6. The molecule has 2 aliphatic rings. The number of aliphatic hydroxyl groups excluding tert-OH is 1. The average Bonchev–Trinajstić information content (AvgIpc) is 2.97. The van der Waals surface area contributed by atoms with Crippen LogP contribution in [0.15, 0.2) is 24.3 Å². The second kappa shape index (κ2) is 6.80. The van der Waals surface area contributed by atoms with Crippen LogP contribution in [-0.4, -0.2) is 47.7 Å². The largest absolute Gasteiger partial charge is 0.392 e. The monoisotopic (exact) mass is 302 g/mol. The van der Waals surface area contributed by atoms with Crippen LogP contribution in [0.4, 0.5) is 5.69 Å². The van der Waals surface area contributed by atoms with E-state index in [1.54, 1.807) is 0 Å². The first-order valence-corrected chi connectivity index (χ1v) is 8.47. The molecule has 4 heteroatoms. The maximum Gasteiger partial charge on any atom is 0.228 e. The number of hydrogen-bond acceptors (Lipinski definition) is 3. The number of piperidine rings is 1. The van der Waals surface area contributed by atoms with E-state index in [4.69, 9.17) is 0 Å². The van der Waals surface area contributed by atoms with Gasteiger partial charge in [0, 0.05) is 31.2 Å². The average molecular weight is 302 g/mol. The first-order valence-electron chi connectivity index (χ1n) is 8.47. The van der Waals surface area contributed by atoms with Crippen molar-refractivity contribution in [3.05, 3.63) is 29.8 Å². The molecule has 0 radical (unpaired) electrons. The number of benzene rings is 1. The minimum atomic E-state index is -0.317. The number of aliphatic hydroxyl groups is 1. The maximum atomic E-state index is 12.6. The van der Waals surface area contributed by atoms with Gasteiger partial charge in [0.2, 0.25) is 5.91 Å². The van der Waals surface area contributed by atoms with Gasteiger partial charge in [-0.3, -0.25) is 9.69 Å². The van der Waals surface area contributed by atoms with Crippen molar-refractivity contribution in [1.82, 2.24) is 4.90 Å². The molecule has 0 aliphatic carbocycles. The van der Waals surface area contributed by atoms with Crippen LogP contribution in [0.1, 0.15) is 38.2 Å². The highest BCUT2D eigenvalue weighted by Gasteiger charge is 2.28. The lowest BCUT2D eigenvalue weighted by Crippen LogP contribution is -2.47. The quantitative estimate of drug-likeness (QED) is 0.927. The first kappa shape index (κ1) is 15.5. The van der Waals surface area contributed by atoms with Gasteiger partial charge in [0.15, 0.2) is 0 Å². The molecule has 2 heterocycles. The summed E-state index contributed by atoms with van der Waals surface area (Å²) >= 11 is 0. The number of amides is 1. The van der Waals surface area contributed by atoms with E-state index in [-0.39, 0.29) is 18.1 Å². The third-order valence-corrected chi connectivity index (χ3v) is 5.02. The standard InChI is InChI=1S/C18H26N2O2/c1-14(21)16-7-4-5-11-19(16)12-10-18(22)20-13-9-15-6-2-3-8-17(15)20/h2-3,6,8,14,16,21H,4-5,7,9-13H2,1H3. The molecule has 1 aromatic carbocycles. The molecule has 1 N–H and O–H groups in total. The normalized spacial score (nSPS) is 23.4. The number of nitrogens with zero attached hydrogens (tertiary/aromatic N) is 2. The molecular weight excluding hydrogens is 276 g/mol. The van der Waals surface area contributed by atoms with Gasteiger partial charge >= 0.3 is 0 Å². The zero-order valence-electron chi connectivity index (χ0n) is 13.4. The van der Waals surface area contributed by atoms with Crippen LogP contribution >= 0.6 is 0 Å². The molecule has 1 amide bonds. The summed E-state index contributed by atoms with van der Waals surface area (Å²) < 4.78 is 0. The van der Waals surface area contributed by atoms with Crippen molar-refractivity contribution in [2.24, 2.45) is 0 Å². The molecule has 1 saturated heterocycles. The Morgan fingerprint density at radius 1 is 1.32 bits per heavy atom. The van der Waals surface area contributed by atoms with Crippen LogP contribution in [0.2, 0.25) is 0 Å². The van der Waals surface area contributed by atoms with Crippen LogP contribution in [0.25, 0.3) is 0 Å². The highest BCUT2D eigenvalue weighted by molar-refractivity contribution is 5.95. The van der Waals surface area contributed by atoms with E-state index in [2.05, 4.69) is 11.0 Å². The summed E-state index contributed by atoms with van der Waals surface area (Å²) in [6.45, 7) is 4.42. The van der Waals surface area contributed by atoms with E-state index in [1.165, 1.54) is 18.4 Å². The molecule has 2 atom stereocenters. The van der Waals surface area contributed by atoms with Crippen molar-refractivity contribution in [2.75, 3.05) is 24.5 Å². The van der Waals surface area contributed by atoms with Crippen LogP contribution in [0.3, 0.4) is 0 Å². The van der Waals surface area contributed by atoms with Gasteiger partial charge in [-0.05, 0) is 44.4 Å². The number of fused-ring (bicyclic) bond motifs is 1. The SMILES string of the molecule is CC(O)C1CCCCN1CCC(=O)N1CCc2ccccc21. The Morgan fingerprint density at radius 2 is 2.14 bits per heavy atom. The molecule has 2 unspecified atom stereocenters. The molecule has 1 aromatic rings. The fourth-order valence-corrected chi connectivity index (χ4v) is 3.81. The number of hydrogen-bond donors (Lipinski definition) is 1. The molecule has 22 heavy (non-hydrogen) atoms. The van der Waals surface area contributed by atoms with Gasteiger partial charge in [0.05, 0.1) is 6.10 Å². The van der Waals surface area contributed by atoms with E-state index in [9.17, 15) is 9.90 Å². The molecule has 4 nitrogen and oxygen atoms in total. The van der Waals surface area contributed by atoms with Crippen LogP contribution in [0, 0.1) is 0 Å². The molecule has 0 bridgehead atoms. The van der Waals surface area contributed by atoms with Gasteiger partial charge in [0.1, 0.15) is 0 Å². The Hall–Kier alpha value is -1.39. The highest BCUT2D eigenvalue weighted by Crippen LogP contribution is 2.28. The van der Waals surface area contributed by atoms with Gasteiger partial charge < -0.3 is 10.0 Å². The number of carbonyl (C=O) groups is 1. The smallest absolute Gasteiger partial charge is 0.228 e. The predicted molar refractivity (Wildman–Crippen MR) is 88.0 cm³/mol. The highest BCUT2D eigenvalue weighted by atomic mass is 16.3. The van der Waals surface area contributed by atoms with E-state index in [0.717, 1.165) is 38.2 Å². The first-order chi connectivity index (χ1) is 10.7. The van der Waals surface area contributed by atoms with E-state index in [1.807, 2.05) is 30.0 Å². The van der Waals surface area contributed by atoms with Gasteiger partial charge in [0.25, 0.3) is 0 Å². The molecule has 2 aliphatic heterocycles. The summed E-state index contributed by atoms with van der Waals surface area (Å²) in [7, 11) is 0. The van der Waals surface area contributed by atoms with E-state index in [0.29, 0.717) is 6.42 Å². The summed E-state index contributed by atoms with van der Waals surface area (Å²) in [5.74, 6) is 0.208. The lowest BCUT2D eigenvalue weighted by molar-refractivity contribution is -0.119. The number of rotatable bonds is 4. The summed E-state index contributed by atoms with van der Waals surface area (Å²) in [6, 6.07) is 8.40. The van der Waals surface area contributed by atoms with Crippen molar-refractivity contribution in [3.63, 3.8) is 0 Å². The number of carbonyl (C=O) groups excluding carboxylic acids is 1. The second-order valence-corrected chi connectivity index (χ2v) is 6.51. The lowest BCUT2D eigenvalue weighted by atomic mass is 9.98. The van der Waals surface area contributed by atoms with Gasteiger partial charge in [-0.25, -0.2) is 0 Å². The molecule has 0 saturated carbocycles. The topological polar surface area (TPSA) is 43.8 Å². The number of para-hydroxylation sites is 1. The van der Waals surface area contributed by atoms with Gasteiger partial charge in [-0.1, -0.05) is 24.6 Å². The van der Waals surface area contributed by atoms with Crippen LogP contribution in [-0.2, 0) is 11.2 Å². The third-order valence-electron chi connectivity index (χ3n) is 5.02. The molecule has 3 rings (SSSR count). The zero-order valence-corrected chi connectivity index (χ0v) is 13.4. The Morgan fingerprint density at radius 3 is 2.95 bits per heavy atom. The molecular formula is C18H26N2O2. The summed E-state index contributed by atoms with van der Waals surface area (Å²) in [5.41, 5.74) is 2.36. The molecule has 0 aromatic heterocycles. The predicted octanol–water partition coefficient (Wildman–Crippen LogP) is 2.20. The summed E-state index contributed by atoms with van der Waals surface area (Å²) in [6.07, 6.45) is 4.57. The van der Waals surface area contributed by atoms with Crippen molar-refractivity contribution >= 4 is 11.6 Å². The molecule has 1 fully saturated rings. The van der Waals surface area contributed by atoms with Crippen LogP contribution in [0.5, 0.6) is 0 Å². The summed E-state index contributed by atoms with van der Waals surface area (Å²) in [5, 5.41) is 9.92. The zero-order chi connectivity index (χ0) is 15.5. The van der Waals surface area contributed by atoms with E-state index >= 15 is 0 Å². The Bertz CT molecular complexity index is 530. The minimum Gasteiger partial charge on any atom is -0.392 e. The number of likely N-dealkylation sites (tertiary alicyclic amines) is 1. The Kier molecular flexibility index (Phi) is 4.79. The Labute approximate surface area is 132 Å². The minimum absolute atomic E-state index is 0.208. The van der Waals surface area contributed by atoms with Crippen molar-refractivity contribution in [3.8, 4) is 0 Å². The van der Waals surface area contributed by atoms with Crippen molar-refractivity contribution in [1.29, 1.82) is 0 Å². The molecule has 120 valence electrons. The fraction of sp³-hybridized carbons (Fsp3) is 0.611. The Balaban J connectivity index is 1.59. The van der Waals surface area contributed by atoms with Gasteiger partial charge in [-0.2, -0.15) is 0 Å². The lowest BCUT2D eigenvalue weighted by Gasteiger charge is -2.37. The van der Waals surface area contributed by atoms with E-state index < -0.39 is 0 Å². The van der Waals surface area contributed by atoms with Crippen molar-refractivity contribution < 1.29 is 9.90 Å². The summed E-state index contributed by atoms with van der Waals surface area (Å²) in [4.78, 5) is 16.8. The second-order valence-electron chi connectivity index (χ2n) is 6.51. The van der Waals surface area contributed by atoms with Crippen LogP contribution < -0.4 is 4.90 Å². The number of anilines is 1. The van der Waals surface area contributed by atoms with Crippen molar-refractivity contribution in [2.45, 2.75) is 51.2 Å². The third kappa shape index (κ3) is 3.18. The fourth-order valence-electron chi connectivity index (χ4n) is 3.81. The molecule has 0 spiro atoms.